The molecule has 3 heterocycles. The van der Waals surface area contributed by atoms with Crippen molar-refractivity contribution in [1.82, 2.24) is 18.9 Å². The van der Waals surface area contributed by atoms with E-state index >= 15 is 0 Å². The first-order chi connectivity index (χ1) is 23.6. The molecule has 0 saturated carbocycles. The van der Waals surface area contributed by atoms with Gasteiger partial charge >= 0.3 is 0 Å². The van der Waals surface area contributed by atoms with Gasteiger partial charge in [0.2, 0.25) is 0 Å². The molecule has 0 aliphatic heterocycles. The van der Waals surface area contributed by atoms with Crippen LogP contribution in [0.15, 0.2) is 158 Å². The highest BCUT2D eigenvalue weighted by molar-refractivity contribution is 6.09. The molecule has 0 amide bonds. The summed E-state index contributed by atoms with van der Waals surface area (Å²) in [4.78, 5) is 10.1. The van der Waals surface area contributed by atoms with Gasteiger partial charge in [0.15, 0.2) is 5.82 Å². The van der Waals surface area contributed by atoms with Crippen LogP contribution in [0.1, 0.15) is 11.1 Å². The lowest BCUT2D eigenvalue weighted by molar-refractivity contribution is 1.14. The summed E-state index contributed by atoms with van der Waals surface area (Å²) < 4.78 is 4.81. The Labute approximate surface area is 279 Å². The Kier molecular flexibility index (Phi) is 6.54. The van der Waals surface area contributed by atoms with Gasteiger partial charge in [0.1, 0.15) is 5.65 Å². The van der Waals surface area contributed by atoms with Crippen molar-refractivity contribution in [1.29, 1.82) is 0 Å². The molecule has 48 heavy (non-hydrogen) atoms. The molecule has 0 aliphatic rings. The van der Waals surface area contributed by atoms with Crippen LogP contribution in [-0.2, 0) is 0 Å². The van der Waals surface area contributed by atoms with Crippen LogP contribution in [0.5, 0.6) is 0 Å². The van der Waals surface area contributed by atoms with Crippen molar-refractivity contribution in [2.45, 2.75) is 13.8 Å². The Morgan fingerprint density at radius 3 is 1.60 bits per heavy atom. The maximum atomic E-state index is 5.10. The molecular weight excluding hydrogens is 585 g/mol. The summed E-state index contributed by atoms with van der Waals surface area (Å²) in [5, 5.41) is 1.24. The third-order valence-corrected chi connectivity index (χ3v) is 9.29. The normalized spacial score (nSPS) is 11.5. The molecular formula is C44H32N4. The summed E-state index contributed by atoms with van der Waals surface area (Å²) in [6.45, 7) is 4.21. The molecule has 4 nitrogen and oxygen atoms in total. The molecule has 9 rings (SSSR count). The Morgan fingerprint density at radius 1 is 0.438 bits per heavy atom. The van der Waals surface area contributed by atoms with Crippen molar-refractivity contribution in [2.24, 2.45) is 0 Å². The fourth-order valence-electron chi connectivity index (χ4n) is 6.87. The van der Waals surface area contributed by atoms with Gasteiger partial charge in [0.25, 0.3) is 0 Å². The lowest BCUT2D eigenvalue weighted by atomic mass is 10.0. The van der Waals surface area contributed by atoms with E-state index in [9.17, 15) is 0 Å². The van der Waals surface area contributed by atoms with Crippen molar-refractivity contribution < 1.29 is 0 Å². The number of para-hydroxylation sites is 3. The first-order valence-corrected chi connectivity index (χ1v) is 16.3. The van der Waals surface area contributed by atoms with Gasteiger partial charge in [0, 0.05) is 33.3 Å². The Hall–Kier alpha value is -6.26. The molecule has 9 aromatic rings. The molecule has 0 unspecified atom stereocenters. The Bertz CT molecular complexity index is 2530. The Balaban J connectivity index is 1.24. The average molecular weight is 617 g/mol. The van der Waals surface area contributed by atoms with Crippen LogP contribution in [0, 0.1) is 13.8 Å². The van der Waals surface area contributed by atoms with Gasteiger partial charge in [-0.15, -0.1) is 0 Å². The zero-order valence-electron chi connectivity index (χ0n) is 26.8. The van der Waals surface area contributed by atoms with E-state index in [1.54, 1.807) is 0 Å². The lowest BCUT2D eigenvalue weighted by Gasteiger charge is -2.12. The van der Waals surface area contributed by atoms with Crippen LogP contribution in [0.3, 0.4) is 0 Å². The predicted molar refractivity (Wildman–Crippen MR) is 199 cm³/mol. The molecule has 0 fully saturated rings. The number of hydrogen-bond donors (Lipinski definition) is 0. The first-order valence-electron chi connectivity index (χ1n) is 16.3. The maximum absolute atomic E-state index is 5.10. The number of benzene rings is 6. The zero-order chi connectivity index (χ0) is 32.2. The number of imidazole rings is 1. The van der Waals surface area contributed by atoms with E-state index in [4.69, 9.17) is 9.97 Å². The topological polar surface area (TPSA) is 35.1 Å². The number of aromatic nitrogens is 4. The van der Waals surface area contributed by atoms with Crippen molar-refractivity contribution in [3.05, 3.63) is 169 Å². The second-order valence-electron chi connectivity index (χ2n) is 12.5. The number of rotatable bonds is 5. The fourth-order valence-corrected chi connectivity index (χ4v) is 6.87. The van der Waals surface area contributed by atoms with Gasteiger partial charge < -0.3 is 0 Å². The summed E-state index contributed by atoms with van der Waals surface area (Å²) in [6, 6.07) is 56.0. The molecule has 0 atom stereocenters. The number of fused-ring (bicyclic) bond motifs is 5. The van der Waals surface area contributed by atoms with Gasteiger partial charge in [-0.25, -0.2) is 9.97 Å². The van der Waals surface area contributed by atoms with Crippen molar-refractivity contribution >= 4 is 27.6 Å². The van der Waals surface area contributed by atoms with Crippen LogP contribution in [-0.4, -0.2) is 18.9 Å². The third kappa shape index (κ3) is 4.61. The second kappa shape index (κ2) is 11.2. The van der Waals surface area contributed by atoms with Gasteiger partial charge in [-0.3, -0.25) is 8.97 Å². The van der Waals surface area contributed by atoms with Gasteiger partial charge in [0.05, 0.1) is 27.9 Å². The van der Waals surface area contributed by atoms with E-state index in [0.29, 0.717) is 0 Å². The molecule has 228 valence electrons. The third-order valence-electron chi connectivity index (χ3n) is 9.29. The minimum absolute atomic E-state index is 0.720. The van der Waals surface area contributed by atoms with Gasteiger partial charge in [-0.05, 0) is 55.8 Å². The SMILES string of the molecule is Cc1ccc(-c2cc(-c3ccc(-n4c5ccccc5n5c6ccccc6c(-c6ccccc6)c45)cc3)nc(-c3ccc(C)cc3)n2)cc1. The molecule has 0 bridgehead atoms. The van der Waals surface area contributed by atoms with Crippen LogP contribution < -0.4 is 0 Å². The van der Waals surface area contributed by atoms with E-state index in [1.807, 2.05) is 0 Å². The number of nitrogens with zero attached hydrogens (tertiary/aromatic N) is 4. The zero-order valence-corrected chi connectivity index (χ0v) is 26.8. The van der Waals surface area contributed by atoms with E-state index in [-0.39, 0.29) is 0 Å². The van der Waals surface area contributed by atoms with E-state index in [0.717, 1.165) is 50.8 Å². The lowest BCUT2D eigenvalue weighted by Crippen LogP contribution is -1.97. The van der Waals surface area contributed by atoms with Crippen molar-refractivity contribution in [3.63, 3.8) is 0 Å². The van der Waals surface area contributed by atoms with Crippen molar-refractivity contribution in [3.8, 4) is 50.7 Å². The summed E-state index contributed by atoms with van der Waals surface area (Å²) >= 11 is 0. The van der Waals surface area contributed by atoms with Crippen molar-refractivity contribution in [2.75, 3.05) is 0 Å². The number of aryl methyl sites for hydroxylation is 2. The summed E-state index contributed by atoms with van der Waals surface area (Å²) in [7, 11) is 0. The van der Waals surface area contributed by atoms with E-state index in [1.165, 1.54) is 38.7 Å². The van der Waals surface area contributed by atoms with E-state index in [2.05, 4.69) is 181 Å². The Morgan fingerprint density at radius 2 is 0.958 bits per heavy atom. The largest absolute Gasteiger partial charge is 0.293 e. The summed E-state index contributed by atoms with van der Waals surface area (Å²) in [6.07, 6.45) is 0. The highest BCUT2D eigenvalue weighted by atomic mass is 15.1. The van der Waals surface area contributed by atoms with Gasteiger partial charge in [-0.2, -0.15) is 0 Å². The maximum Gasteiger partial charge on any atom is 0.160 e. The highest BCUT2D eigenvalue weighted by Crippen LogP contribution is 2.41. The molecule has 0 aliphatic carbocycles. The molecule has 0 N–H and O–H groups in total. The predicted octanol–water partition coefficient (Wildman–Crippen LogP) is 11.1. The van der Waals surface area contributed by atoms with Gasteiger partial charge in [-0.1, -0.05) is 132 Å². The monoisotopic (exact) mass is 616 g/mol. The molecule has 0 saturated heterocycles. The second-order valence-corrected chi connectivity index (χ2v) is 12.5. The summed E-state index contributed by atoms with van der Waals surface area (Å²) in [5.74, 6) is 0.720. The van der Waals surface area contributed by atoms with Crippen LogP contribution in [0.25, 0.3) is 78.3 Å². The smallest absolute Gasteiger partial charge is 0.160 e. The molecule has 0 spiro atoms. The minimum atomic E-state index is 0.720. The first kappa shape index (κ1) is 28.0. The standard InChI is InChI=1S/C44H32N4/c1-29-16-20-31(21-17-29)37-28-38(46-43(45-37)34-22-18-30(2)19-23-34)32-24-26-35(27-25-32)47-40-14-8-9-15-41(40)48-39-13-7-6-12-36(39)42(44(47)48)33-10-4-3-5-11-33/h3-28H,1-2H3. The summed E-state index contributed by atoms with van der Waals surface area (Å²) in [5.41, 5.74) is 15.6. The van der Waals surface area contributed by atoms with Crippen LogP contribution >= 0.6 is 0 Å². The van der Waals surface area contributed by atoms with E-state index < -0.39 is 0 Å². The highest BCUT2D eigenvalue weighted by Gasteiger charge is 2.22. The fraction of sp³-hybridized carbons (Fsp3) is 0.0455. The molecule has 0 radical (unpaired) electrons. The molecule has 4 heteroatoms. The number of hydrogen-bond acceptors (Lipinski definition) is 2. The van der Waals surface area contributed by atoms with Crippen LogP contribution in [0.4, 0.5) is 0 Å². The van der Waals surface area contributed by atoms with Crippen LogP contribution in [0.2, 0.25) is 0 Å². The average Bonchev–Trinajstić information content (AvgIpc) is 3.65. The molecule has 3 aromatic heterocycles. The minimum Gasteiger partial charge on any atom is -0.293 e. The quantitative estimate of drug-likeness (QED) is 0.193. The molecule has 6 aromatic carbocycles.